The number of hydrogen-bond acceptors (Lipinski definition) is 10. The van der Waals surface area contributed by atoms with Gasteiger partial charge < -0.3 is 40.1 Å². The van der Waals surface area contributed by atoms with Crippen molar-refractivity contribution in [3.8, 4) is 17.2 Å². The van der Waals surface area contributed by atoms with E-state index in [0.717, 1.165) is 19.2 Å². The molecule has 1 aliphatic rings. The number of aliphatic hydroxyl groups excluding tert-OH is 2. The first-order valence-corrected chi connectivity index (χ1v) is 7.22. The third-order valence-corrected chi connectivity index (χ3v) is 3.99. The molecule has 0 spiro atoms. The quantitative estimate of drug-likeness (QED) is 0.283. The van der Waals surface area contributed by atoms with E-state index >= 15 is 0 Å². The van der Waals surface area contributed by atoms with Gasteiger partial charge in [-0.2, -0.15) is 0 Å². The van der Waals surface area contributed by atoms with Crippen LogP contribution in [0.3, 0.4) is 0 Å². The minimum atomic E-state index is -2.16. The van der Waals surface area contributed by atoms with Crippen LogP contribution in [0.15, 0.2) is 12.1 Å². The van der Waals surface area contributed by atoms with Crippen molar-refractivity contribution >= 4 is 11.9 Å². The van der Waals surface area contributed by atoms with Gasteiger partial charge in [-0.15, -0.1) is 0 Å². The van der Waals surface area contributed by atoms with Crippen LogP contribution in [0.1, 0.15) is 23.2 Å². The van der Waals surface area contributed by atoms with Crippen LogP contribution in [0, 0.1) is 0 Å². The lowest BCUT2D eigenvalue weighted by Gasteiger charge is -2.39. The second-order valence-electron chi connectivity index (χ2n) is 5.80. The molecular weight excluding hydrogens is 340 g/mol. The van der Waals surface area contributed by atoms with Crippen molar-refractivity contribution in [1.29, 1.82) is 0 Å². The molecule has 0 bridgehead atoms. The summed E-state index contributed by atoms with van der Waals surface area (Å²) in [4.78, 5) is 23.8. The maximum Gasteiger partial charge on any atom is 0.338 e. The number of esters is 2. The Hall–Kier alpha value is -2.56. The molecule has 2 rings (SSSR count). The summed E-state index contributed by atoms with van der Waals surface area (Å²) in [5, 5.41) is 58.1. The fraction of sp³-hybridized carbons (Fsp3) is 0.467. The van der Waals surface area contributed by atoms with Crippen LogP contribution in [-0.4, -0.2) is 73.6 Å². The predicted octanol–water partition coefficient (Wildman–Crippen LogP) is -1.25. The van der Waals surface area contributed by atoms with E-state index in [4.69, 9.17) is 4.74 Å². The van der Waals surface area contributed by atoms with Crippen molar-refractivity contribution in [2.75, 3.05) is 7.11 Å². The molecule has 0 aliphatic heterocycles. The predicted molar refractivity (Wildman–Crippen MR) is 78.9 cm³/mol. The van der Waals surface area contributed by atoms with Gasteiger partial charge in [-0.3, -0.25) is 0 Å². The van der Waals surface area contributed by atoms with Gasteiger partial charge in [0.25, 0.3) is 0 Å². The summed E-state index contributed by atoms with van der Waals surface area (Å²) >= 11 is 0. The number of aliphatic hydroxyl groups is 3. The normalized spacial score (nSPS) is 29.0. The molecule has 0 heterocycles. The maximum atomic E-state index is 12.1. The van der Waals surface area contributed by atoms with Gasteiger partial charge in [0.2, 0.25) is 0 Å². The molecule has 10 nitrogen and oxygen atoms in total. The second kappa shape index (κ2) is 6.75. The first-order valence-electron chi connectivity index (χ1n) is 7.22. The lowest BCUT2D eigenvalue weighted by Crippen LogP contribution is -2.57. The Labute approximate surface area is 141 Å². The van der Waals surface area contributed by atoms with Gasteiger partial charge in [0.05, 0.1) is 18.8 Å². The molecular formula is C15H18O10. The Bertz CT molecular complexity index is 664. The Balaban J connectivity index is 2.22. The number of phenols is 3. The van der Waals surface area contributed by atoms with E-state index in [9.17, 15) is 40.2 Å². The number of ether oxygens (including phenoxy) is 2. The lowest BCUT2D eigenvalue weighted by molar-refractivity contribution is -0.190. The number of carbonyl (C=O) groups excluding carboxylic acids is 2. The molecule has 4 atom stereocenters. The molecule has 10 heteroatoms. The molecule has 1 aromatic carbocycles. The summed E-state index contributed by atoms with van der Waals surface area (Å²) in [6.45, 7) is 0. The summed E-state index contributed by atoms with van der Waals surface area (Å²) in [6.07, 6.45) is -5.63. The van der Waals surface area contributed by atoms with Gasteiger partial charge in [0.15, 0.2) is 22.8 Å². The number of methoxy groups -OCH3 is 1. The van der Waals surface area contributed by atoms with Gasteiger partial charge >= 0.3 is 11.9 Å². The highest BCUT2D eigenvalue weighted by Crippen LogP contribution is 2.36. The van der Waals surface area contributed by atoms with Crippen LogP contribution < -0.4 is 0 Å². The monoisotopic (exact) mass is 358 g/mol. The fourth-order valence-corrected chi connectivity index (χ4v) is 2.65. The number of benzene rings is 1. The van der Waals surface area contributed by atoms with E-state index in [1.807, 2.05) is 0 Å². The first kappa shape index (κ1) is 18.8. The van der Waals surface area contributed by atoms with E-state index in [2.05, 4.69) is 4.74 Å². The Morgan fingerprint density at radius 1 is 1.12 bits per heavy atom. The van der Waals surface area contributed by atoms with Crippen LogP contribution in [0.5, 0.6) is 17.2 Å². The highest BCUT2D eigenvalue weighted by Gasteiger charge is 2.51. The molecule has 1 fully saturated rings. The van der Waals surface area contributed by atoms with Gasteiger partial charge in [-0.25, -0.2) is 9.59 Å². The maximum absolute atomic E-state index is 12.1. The standard InChI is InChI=1S/C15H18O10/c1-24-14(22)15(23)4-9(18)12(20)10(5-15)25-13(21)6-2-7(16)11(19)8(17)3-6/h2-3,9-10,12,16-20,23H,4-5H2,1H3/t9-,10+,12-,15+/m0/s1. The zero-order valence-electron chi connectivity index (χ0n) is 13.1. The van der Waals surface area contributed by atoms with E-state index in [-0.39, 0.29) is 5.56 Å². The number of phenolic OH excluding ortho intramolecular Hbond substituents is 3. The van der Waals surface area contributed by atoms with Gasteiger partial charge in [0.1, 0.15) is 12.2 Å². The topological polar surface area (TPSA) is 174 Å². The molecule has 0 aromatic heterocycles. The number of aromatic hydroxyl groups is 3. The average Bonchev–Trinajstić information content (AvgIpc) is 2.55. The van der Waals surface area contributed by atoms with Crippen molar-refractivity contribution in [1.82, 2.24) is 0 Å². The van der Waals surface area contributed by atoms with Crippen LogP contribution in [0.2, 0.25) is 0 Å². The zero-order chi connectivity index (χ0) is 18.9. The average molecular weight is 358 g/mol. The third-order valence-electron chi connectivity index (χ3n) is 3.99. The highest BCUT2D eigenvalue weighted by molar-refractivity contribution is 5.91. The zero-order valence-corrected chi connectivity index (χ0v) is 13.1. The SMILES string of the molecule is COC(=O)[C@@]1(O)C[C@H](O)[C@H](O)[C@H](OC(=O)c2cc(O)c(O)c(O)c2)C1. The van der Waals surface area contributed by atoms with Gasteiger partial charge in [-0.1, -0.05) is 0 Å². The number of carbonyl (C=O) groups is 2. The van der Waals surface area contributed by atoms with Crippen LogP contribution in [-0.2, 0) is 14.3 Å². The molecule has 1 aliphatic carbocycles. The Kier molecular flexibility index (Phi) is 5.07. The summed E-state index contributed by atoms with van der Waals surface area (Å²) in [6, 6.07) is 1.63. The molecule has 0 radical (unpaired) electrons. The van der Waals surface area contributed by atoms with Gasteiger partial charge in [-0.05, 0) is 12.1 Å². The van der Waals surface area contributed by atoms with E-state index in [0.29, 0.717) is 0 Å². The molecule has 25 heavy (non-hydrogen) atoms. The van der Waals surface area contributed by atoms with E-state index < -0.39 is 65.9 Å². The van der Waals surface area contributed by atoms with Crippen molar-refractivity contribution in [2.45, 2.75) is 36.8 Å². The van der Waals surface area contributed by atoms with E-state index in [1.165, 1.54) is 0 Å². The second-order valence-corrected chi connectivity index (χ2v) is 5.80. The number of hydrogen-bond donors (Lipinski definition) is 6. The molecule has 1 aromatic rings. The summed E-state index contributed by atoms with van der Waals surface area (Å²) < 4.78 is 9.42. The Morgan fingerprint density at radius 2 is 1.68 bits per heavy atom. The minimum Gasteiger partial charge on any atom is -0.504 e. The van der Waals surface area contributed by atoms with Crippen LogP contribution in [0.25, 0.3) is 0 Å². The first-order chi connectivity index (χ1) is 11.6. The smallest absolute Gasteiger partial charge is 0.338 e. The third kappa shape index (κ3) is 3.60. The molecule has 6 N–H and O–H groups in total. The van der Waals surface area contributed by atoms with Gasteiger partial charge in [0, 0.05) is 12.8 Å². The number of rotatable bonds is 3. The Morgan fingerprint density at radius 3 is 2.20 bits per heavy atom. The van der Waals surface area contributed by atoms with Crippen LogP contribution in [0.4, 0.5) is 0 Å². The fourth-order valence-electron chi connectivity index (χ4n) is 2.65. The minimum absolute atomic E-state index is 0.360. The largest absolute Gasteiger partial charge is 0.504 e. The lowest BCUT2D eigenvalue weighted by atomic mass is 9.79. The molecule has 0 saturated heterocycles. The molecule has 138 valence electrons. The van der Waals surface area contributed by atoms with Crippen molar-refractivity contribution in [3.63, 3.8) is 0 Å². The van der Waals surface area contributed by atoms with Crippen molar-refractivity contribution < 1.29 is 49.7 Å². The highest BCUT2D eigenvalue weighted by atomic mass is 16.6. The van der Waals surface area contributed by atoms with Crippen LogP contribution >= 0.6 is 0 Å². The molecule has 1 saturated carbocycles. The summed E-state index contributed by atoms with van der Waals surface area (Å²) in [7, 11) is 1.03. The van der Waals surface area contributed by atoms with Crippen molar-refractivity contribution in [3.05, 3.63) is 17.7 Å². The molecule has 0 unspecified atom stereocenters. The van der Waals surface area contributed by atoms with E-state index in [1.54, 1.807) is 0 Å². The van der Waals surface area contributed by atoms with Crippen molar-refractivity contribution in [2.24, 2.45) is 0 Å². The summed E-state index contributed by atoms with van der Waals surface area (Å²) in [5.74, 6) is -4.57. The molecule has 0 amide bonds. The summed E-state index contributed by atoms with van der Waals surface area (Å²) in [5.41, 5.74) is -2.51.